The molecule has 0 atom stereocenters. The molecule has 0 aliphatic heterocycles. The van der Waals surface area contributed by atoms with Crippen LogP contribution in [0.5, 0.6) is 0 Å². The Kier molecular flexibility index (Phi) is 7.57. The maximum Gasteiger partial charge on any atom is 0.410 e. The highest BCUT2D eigenvalue weighted by molar-refractivity contribution is 5.86. The van der Waals surface area contributed by atoms with E-state index in [1.807, 2.05) is 52.0 Å². The SMILES string of the molecule is CCCCC=C(c1ccc2nc(CN(C)C(=O)OC(C)(C)C)oc2c1)c1ccc(F)cc1C. The second kappa shape index (κ2) is 10.2. The zero-order valence-electron chi connectivity index (χ0n) is 20.4. The van der Waals surface area contributed by atoms with E-state index in [1.165, 1.54) is 11.0 Å². The molecular formula is C27H33FN2O3. The van der Waals surface area contributed by atoms with E-state index in [1.54, 1.807) is 13.1 Å². The van der Waals surface area contributed by atoms with Crippen LogP contribution < -0.4 is 0 Å². The topological polar surface area (TPSA) is 55.6 Å². The van der Waals surface area contributed by atoms with Gasteiger partial charge in [-0.15, -0.1) is 0 Å². The summed E-state index contributed by atoms with van der Waals surface area (Å²) in [7, 11) is 1.65. The molecule has 3 rings (SSSR count). The number of aryl methyl sites for hydroxylation is 1. The van der Waals surface area contributed by atoms with Gasteiger partial charge < -0.3 is 14.1 Å². The zero-order chi connectivity index (χ0) is 24.2. The Morgan fingerprint density at radius 2 is 1.97 bits per heavy atom. The van der Waals surface area contributed by atoms with Gasteiger partial charge in [-0.2, -0.15) is 0 Å². The van der Waals surface area contributed by atoms with E-state index in [9.17, 15) is 9.18 Å². The van der Waals surface area contributed by atoms with Crippen LogP contribution in [0.3, 0.4) is 0 Å². The minimum Gasteiger partial charge on any atom is -0.444 e. The van der Waals surface area contributed by atoms with Gasteiger partial charge in [-0.3, -0.25) is 0 Å². The molecule has 6 heteroatoms. The van der Waals surface area contributed by atoms with Crippen molar-refractivity contribution in [2.45, 2.75) is 66.0 Å². The van der Waals surface area contributed by atoms with E-state index in [0.717, 1.165) is 47.0 Å². The van der Waals surface area contributed by atoms with Crippen LogP contribution in [0.2, 0.25) is 0 Å². The van der Waals surface area contributed by atoms with Gasteiger partial charge in [0.2, 0.25) is 5.89 Å². The Morgan fingerprint density at radius 3 is 2.64 bits per heavy atom. The van der Waals surface area contributed by atoms with Gasteiger partial charge in [-0.1, -0.05) is 38.0 Å². The quantitative estimate of drug-likeness (QED) is 0.354. The standard InChI is InChI=1S/C27H33FN2O3/c1-7-8-9-10-22(21-13-12-20(28)15-18(21)2)19-11-14-23-24(16-19)32-25(29-23)17-30(6)26(31)33-27(3,4)5/h10-16H,7-9,17H2,1-6H3. The maximum absolute atomic E-state index is 13.7. The van der Waals surface area contributed by atoms with Gasteiger partial charge in [0, 0.05) is 7.05 Å². The molecule has 1 amide bonds. The molecule has 176 valence electrons. The summed E-state index contributed by atoms with van der Waals surface area (Å²) < 4.78 is 25.1. The second-order valence-electron chi connectivity index (χ2n) is 9.35. The molecule has 0 saturated heterocycles. The predicted molar refractivity (Wildman–Crippen MR) is 129 cm³/mol. The molecule has 0 spiro atoms. The van der Waals surface area contributed by atoms with Crippen molar-refractivity contribution in [1.29, 1.82) is 0 Å². The third-order valence-electron chi connectivity index (χ3n) is 5.21. The number of benzene rings is 2. The summed E-state index contributed by atoms with van der Waals surface area (Å²) in [6.07, 6.45) is 4.89. The predicted octanol–water partition coefficient (Wildman–Crippen LogP) is 7.26. The van der Waals surface area contributed by atoms with Crippen molar-refractivity contribution in [1.82, 2.24) is 9.88 Å². The number of halogens is 1. The molecule has 3 aromatic rings. The van der Waals surface area contributed by atoms with Crippen LogP contribution in [0.1, 0.15) is 69.5 Å². The number of ether oxygens (including phenoxy) is 1. The highest BCUT2D eigenvalue weighted by Crippen LogP contribution is 2.30. The molecule has 2 aromatic carbocycles. The average Bonchev–Trinajstić information content (AvgIpc) is 3.12. The number of rotatable bonds is 7. The van der Waals surface area contributed by atoms with E-state index in [2.05, 4.69) is 18.0 Å². The smallest absolute Gasteiger partial charge is 0.410 e. The van der Waals surface area contributed by atoms with Crippen molar-refractivity contribution in [2.75, 3.05) is 7.05 Å². The summed E-state index contributed by atoms with van der Waals surface area (Å²) in [6.45, 7) is 9.77. The van der Waals surface area contributed by atoms with Gasteiger partial charge in [0.05, 0.1) is 0 Å². The van der Waals surface area contributed by atoms with Gasteiger partial charge in [0.15, 0.2) is 5.58 Å². The van der Waals surface area contributed by atoms with Gasteiger partial charge in [0.25, 0.3) is 0 Å². The Bertz CT molecular complexity index is 1160. The molecule has 33 heavy (non-hydrogen) atoms. The number of nitrogens with zero attached hydrogens (tertiary/aromatic N) is 2. The molecule has 0 radical (unpaired) electrons. The first kappa shape index (κ1) is 24.5. The number of hydrogen-bond acceptors (Lipinski definition) is 4. The number of carbonyl (C=O) groups is 1. The van der Waals surface area contributed by atoms with Crippen LogP contribution in [-0.2, 0) is 11.3 Å². The van der Waals surface area contributed by atoms with E-state index in [-0.39, 0.29) is 12.4 Å². The van der Waals surface area contributed by atoms with Crippen molar-refractivity contribution in [2.24, 2.45) is 0 Å². The van der Waals surface area contributed by atoms with Gasteiger partial charge in [0.1, 0.15) is 23.5 Å². The molecule has 1 aromatic heterocycles. The minimum atomic E-state index is -0.569. The van der Waals surface area contributed by atoms with Crippen LogP contribution in [0.15, 0.2) is 46.9 Å². The number of fused-ring (bicyclic) bond motifs is 1. The molecule has 0 aliphatic rings. The third-order valence-corrected chi connectivity index (χ3v) is 5.21. The first-order chi connectivity index (χ1) is 15.6. The second-order valence-corrected chi connectivity index (χ2v) is 9.35. The molecule has 0 N–H and O–H groups in total. The summed E-state index contributed by atoms with van der Waals surface area (Å²) in [5.41, 5.74) is 4.70. The number of carbonyl (C=O) groups excluding carboxylic acids is 1. The molecule has 5 nitrogen and oxygen atoms in total. The van der Waals surface area contributed by atoms with Crippen LogP contribution in [0.4, 0.5) is 9.18 Å². The van der Waals surface area contributed by atoms with E-state index < -0.39 is 11.7 Å². The Labute approximate surface area is 195 Å². The molecule has 0 bridgehead atoms. The maximum atomic E-state index is 13.7. The fraction of sp³-hybridized carbons (Fsp3) is 0.407. The summed E-state index contributed by atoms with van der Waals surface area (Å²) in [4.78, 5) is 18.2. The third kappa shape index (κ3) is 6.44. The van der Waals surface area contributed by atoms with Gasteiger partial charge >= 0.3 is 6.09 Å². The molecule has 0 saturated carbocycles. The zero-order valence-corrected chi connectivity index (χ0v) is 20.4. The van der Waals surface area contributed by atoms with Crippen molar-refractivity contribution >= 4 is 22.8 Å². The summed E-state index contributed by atoms with van der Waals surface area (Å²) >= 11 is 0. The fourth-order valence-corrected chi connectivity index (χ4v) is 3.58. The summed E-state index contributed by atoms with van der Waals surface area (Å²) in [5.74, 6) is 0.193. The monoisotopic (exact) mass is 452 g/mol. The lowest BCUT2D eigenvalue weighted by molar-refractivity contribution is 0.0272. The van der Waals surface area contributed by atoms with Crippen LogP contribution in [0.25, 0.3) is 16.7 Å². The lowest BCUT2D eigenvalue weighted by atomic mass is 9.93. The highest BCUT2D eigenvalue weighted by Gasteiger charge is 2.21. The minimum absolute atomic E-state index is 0.204. The summed E-state index contributed by atoms with van der Waals surface area (Å²) in [5, 5.41) is 0. The van der Waals surface area contributed by atoms with Gasteiger partial charge in [-0.25, -0.2) is 14.2 Å². The first-order valence-corrected chi connectivity index (χ1v) is 11.4. The fourth-order valence-electron chi connectivity index (χ4n) is 3.58. The van der Waals surface area contributed by atoms with Crippen molar-refractivity contribution in [3.05, 3.63) is 70.9 Å². The number of oxazole rings is 1. The Hall–Kier alpha value is -3.15. The molecule has 0 fully saturated rings. The number of unbranched alkanes of at least 4 members (excludes halogenated alkanes) is 2. The average molecular weight is 453 g/mol. The molecule has 1 heterocycles. The van der Waals surface area contributed by atoms with E-state index >= 15 is 0 Å². The van der Waals surface area contributed by atoms with E-state index in [4.69, 9.17) is 9.15 Å². The highest BCUT2D eigenvalue weighted by atomic mass is 19.1. The van der Waals surface area contributed by atoms with Crippen LogP contribution in [0, 0.1) is 12.7 Å². The Morgan fingerprint density at radius 1 is 1.21 bits per heavy atom. The normalized spacial score (nSPS) is 12.3. The van der Waals surface area contributed by atoms with Gasteiger partial charge in [-0.05, 0) is 80.6 Å². The largest absolute Gasteiger partial charge is 0.444 e. The molecule has 0 aliphatic carbocycles. The van der Waals surface area contributed by atoms with Crippen molar-refractivity contribution in [3.63, 3.8) is 0 Å². The lowest BCUT2D eigenvalue weighted by Gasteiger charge is -2.23. The number of hydrogen-bond donors (Lipinski definition) is 0. The van der Waals surface area contributed by atoms with Crippen molar-refractivity contribution in [3.8, 4) is 0 Å². The van der Waals surface area contributed by atoms with Crippen LogP contribution >= 0.6 is 0 Å². The molecule has 0 unspecified atom stereocenters. The van der Waals surface area contributed by atoms with Crippen LogP contribution in [-0.4, -0.2) is 28.6 Å². The van der Waals surface area contributed by atoms with E-state index in [0.29, 0.717) is 11.5 Å². The lowest BCUT2D eigenvalue weighted by Crippen LogP contribution is -2.33. The number of amides is 1. The molecular weight excluding hydrogens is 419 g/mol. The first-order valence-electron chi connectivity index (χ1n) is 11.4. The number of allylic oxidation sites excluding steroid dienone is 1. The summed E-state index contributed by atoms with van der Waals surface area (Å²) in [6, 6.07) is 10.8. The Balaban J connectivity index is 1.90. The van der Waals surface area contributed by atoms with Crippen molar-refractivity contribution < 1.29 is 18.3 Å². The number of aromatic nitrogens is 1.